The van der Waals surface area contributed by atoms with Crippen molar-refractivity contribution in [3.63, 3.8) is 0 Å². The zero-order chi connectivity index (χ0) is 37.4. The van der Waals surface area contributed by atoms with Crippen LogP contribution in [0.4, 0.5) is 0 Å². The predicted octanol–water partition coefficient (Wildman–Crippen LogP) is 9.46. The van der Waals surface area contributed by atoms with Crippen molar-refractivity contribution in [2.75, 3.05) is 27.8 Å². The van der Waals surface area contributed by atoms with E-state index in [-0.39, 0.29) is 61.4 Å². The number of aliphatic hydroxyl groups is 1. The van der Waals surface area contributed by atoms with Crippen LogP contribution >= 0.6 is 0 Å². The van der Waals surface area contributed by atoms with Gasteiger partial charge in [-0.3, -0.25) is 14.4 Å². The largest absolute Gasteiger partial charge is 0.506 e. The second kappa shape index (κ2) is 17.0. The van der Waals surface area contributed by atoms with Gasteiger partial charge in [0.05, 0.1) is 5.41 Å². The number of methoxy groups -OCH3 is 2. The van der Waals surface area contributed by atoms with Crippen molar-refractivity contribution < 1.29 is 38.4 Å². The Morgan fingerprint density at radius 2 is 1.34 bits per heavy atom. The predicted molar refractivity (Wildman–Crippen MR) is 198 cm³/mol. The molecule has 2 fully saturated rings. The van der Waals surface area contributed by atoms with Gasteiger partial charge in [-0.05, 0) is 123 Å². The molecule has 0 saturated heterocycles. The summed E-state index contributed by atoms with van der Waals surface area (Å²) in [6.07, 6.45) is 10.6. The number of ketones is 3. The van der Waals surface area contributed by atoms with Gasteiger partial charge in [0.25, 0.3) is 0 Å². The molecule has 0 aromatic heterocycles. The smallest absolute Gasteiger partial charge is 0.188 e. The van der Waals surface area contributed by atoms with Crippen molar-refractivity contribution in [1.82, 2.24) is 0 Å². The van der Waals surface area contributed by atoms with Crippen LogP contribution in [0.3, 0.4) is 0 Å². The summed E-state index contributed by atoms with van der Waals surface area (Å²) in [4.78, 5) is 45.9. The molecule has 50 heavy (non-hydrogen) atoms. The van der Waals surface area contributed by atoms with Gasteiger partial charge in [0.15, 0.2) is 42.4 Å². The molecular formula is C42H58O8. The van der Waals surface area contributed by atoms with E-state index in [0.717, 1.165) is 22.3 Å². The monoisotopic (exact) mass is 690 g/mol. The molecule has 2 aliphatic rings. The summed E-state index contributed by atoms with van der Waals surface area (Å²) in [5.41, 5.74) is 0.112. The summed E-state index contributed by atoms with van der Waals surface area (Å²) in [5, 5.41) is 12.1. The number of fused-ring (bicyclic) bond motifs is 2. The van der Waals surface area contributed by atoms with Gasteiger partial charge >= 0.3 is 0 Å². The molecule has 4 atom stereocenters. The number of allylic oxidation sites excluding steroid dienone is 9. The van der Waals surface area contributed by atoms with E-state index in [1.54, 1.807) is 12.1 Å². The molecule has 2 aliphatic carbocycles. The van der Waals surface area contributed by atoms with Gasteiger partial charge in [-0.1, -0.05) is 53.5 Å². The summed E-state index contributed by atoms with van der Waals surface area (Å²) in [5.74, 6) is -1.64. The van der Waals surface area contributed by atoms with E-state index in [9.17, 15) is 5.11 Å². The fraction of sp³-hybridized carbons (Fsp3) is 0.548. The number of carbonyl (C=O) groups excluding carboxylic acids is 3. The van der Waals surface area contributed by atoms with Gasteiger partial charge in [0.2, 0.25) is 0 Å². The quantitative estimate of drug-likeness (QED) is 0.0457. The first kappa shape index (κ1) is 40.7. The number of rotatable bonds is 16. The zero-order valence-electron chi connectivity index (χ0n) is 32.1. The molecule has 8 heteroatoms. The summed E-state index contributed by atoms with van der Waals surface area (Å²) >= 11 is 0. The van der Waals surface area contributed by atoms with Crippen molar-refractivity contribution in [1.29, 1.82) is 0 Å². The third kappa shape index (κ3) is 8.07. The molecule has 0 spiro atoms. The number of aliphatic hydroxyl groups excluding tert-OH is 1. The van der Waals surface area contributed by atoms with Crippen molar-refractivity contribution in [3.05, 3.63) is 75.9 Å². The summed E-state index contributed by atoms with van der Waals surface area (Å²) in [7, 11) is 2.97. The van der Waals surface area contributed by atoms with Crippen LogP contribution in [0, 0.1) is 22.2 Å². The van der Waals surface area contributed by atoms with E-state index in [4.69, 9.17) is 18.9 Å². The maximum absolute atomic E-state index is 15.4. The molecule has 1 N–H and O–H groups in total. The lowest BCUT2D eigenvalue weighted by molar-refractivity contribution is -0.178. The Bertz CT molecular complexity index is 1590. The van der Waals surface area contributed by atoms with Crippen molar-refractivity contribution in [2.24, 2.45) is 22.2 Å². The van der Waals surface area contributed by atoms with Crippen molar-refractivity contribution >= 4 is 23.1 Å². The normalized spacial score (nSPS) is 25.4. The highest BCUT2D eigenvalue weighted by Gasteiger charge is 2.74. The van der Waals surface area contributed by atoms with Gasteiger partial charge < -0.3 is 24.1 Å². The average Bonchev–Trinajstić information content (AvgIpc) is 3.05. The van der Waals surface area contributed by atoms with Crippen LogP contribution in [0.2, 0.25) is 0 Å². The molecule has 274 valence electrons. The Hall–Kier alpha value is -3.75. The molecular weight excluding hydrogens is 632 g/mol. The van der Waals surface area contributed by atoms with Crippen LogP contribution in [-0.2, 0) is 23.9 Å². The van der Waals surface area contributed by atoms with E-state index >= 15 is 14.4 Å². The molecule has 0 amide bonds. The van der Waals surface area contributed by atoms with E-state index in [0.29, 0.717) is 25.0 Å². The zero-order valence-corrected chi connectivity index (χ0v) is 32.1. The highest BCUT2D eigenvalue weighted by atomic mass is 16.7. The van der Waals surface area contributed by atoms with Crippen LogP contribution in [0.5, 0.6) is 11.5 Å². The average molecular weight is 691 g/mol. The fourth-order valence-corrected chi connectivity index (χ4v) is 7.58. The third-order valence-corrected chi connectivity index (χ3v) is 10.4. The molecule has 8 nitrogen and oxygen atoms in total. The molecule has 1 aromatic carbocycles. The van der Waals surface area contributed by atoms with Gasteiger partial charge in [0.1, 0.15) is 16.7 Å². The van der Waals surface area contributed by atoms with Gasteiger partial charge in [-0.25, -0.2) is 0 Å². The number of hydrogen-bond donors (Lipinski definition) is 1. The minimum absolute atomic E-state index is 0.0478. The highest BCUT2D eigenvalue weighted by molar-refractivity contribution is 6.41. The minimum atomic E-state index is -1.60. The summed E-state index contributed by atoms with van der Waals surface area (Å²) < 4.78 is 21.6. The van der Waals surface area contributed by atoms with Crippen LogP contribution in [0.15, 0.2) is 70.4 Å². The minimum Gasteiger partial charge on any atom is -0.506 e. The standard InChI is InChI=1S/C42H58O8/c1-27(2)13-12-20-40(9)32(16-14-28(3)4)24-41(21-18-29(5)6)37(44)35(38(45)42(40,39(41)46)22-19-30(7)8)36(43)31-15-17-33(49-25-47-10)34(23-31)50-26-48-11/h13-15,17-19,23,32,43H,12,16,20-22,24-26H2,1-11H3/t32-,40+,41-,42+/m0/s1. The first-order chi connectivity index (χ1) is 23.5. The van der Waals surface area contributed by atoms with E-state index < -0.39 is 33.6 Å². The van der Waals surface area contributed by atoms with Crippen molar-refractivity contribution in [2.45, 2.75) is 101 Å². The van der Waals surface area contributed by atoms with Crippen molar-refractivity contribution in [3.8, 4) is 11.5 Å². The lowest BCUT2D eigenvalue weighted by atomic mass is 9.37. The highest BCUT2D eigenvalue weighted by Crippen LogP contribution is 2.67. The summed E-state index contributed by atoms with van der Waals surface area (Å²) in [6, 6.07) is 4.66. The topological polar surface area (TPSA) is 108 Å². The van der Waals surface area contributed by atoms with Gasteiger partial charge in [0, 0.05) is 19.8 Å². The van der Waals surface area contributed by atoms with E-state index in [1.165, 1.54) is 20.3 Å². The van der Waals surface area contributed by atoms with E-state index in [2.05, 4.69) is 19.1 Å². The first-order valence-corrected chi connectivity index (χ1v) is 17.5. The fourth-order valence-electron chi connectivity index (χ4n) is 7.58. The van der Waals surface area contributed by atoms with E-state index in [1.807, 2.05) is 67.5 Å². The molecule has 0 aliphatic heterocycles. The van der Waals surface area contributed by atoms with Gasteiger partial charge in [-0.15, -0.1) is 0 Å². The molecule has 2 bridgehead atoms. The maximum atomic E-state index is 15.4. The molecule has 3 rings (SSSR count). The number of benzene rings is 1. The van der Waals surface area contributed by atoms with Crippen LogP contribution in [-0.4, -0.2) is 50.3 Å². The Kier molecular flexibility index (Phi) is 13.8. The Morgan fingerprint density at radius 3 is 1.90 bits per heavy atom. The molecule has 0 radical (unpaired) electrons. The Morgan fingerprint density at radius 1 is 0.780 bits per heavy atom. The Labute approximate surface area is 299 Å². The molecule has 0 unspecified atom stereocenters. The molecule has 1 aromatic rings. The van der Waals surface area contributed by atoms with Crippen LogP contribution in [0.25, 0.3) is 5.76 Å². The lowest BCUT2D eigenvalue weighted by Gasteiger charge is -2.61. The second-order valence-corrected chi connectivity index (χ2v) is 15.1. The van der Waals surface area contributed by atoms with Gasteiger partial charge in [-0.2, -0.15) is 0 Å². The Balaban J connectivity index is 2.48. The second-order valence-electron chi connectivity index (χ2n) is 15.1. The third-order valence-electron chi connectivity index (χ3n) is 10.4. The first-order valence-electron chi connectivity index (χ1n) is 17.5. The number of hydrogen-bond acceptors (Lipinski definition) is 8. The number of ether oxygens (including phenoxy) is 4. The summed E-state index contributed by atoms with van der Waals surface area (Å²) in [6.45, 7) is 17.8. The van der Waals surface area contributed by atoms with Crippen LogP contribution < -0.4 is 9.47 Å². The number of Topliss-reactive ketones (excluding diaryl/α,β-unsaturated/α-hetero) is 3. The molecule has 2 saturated carbocycles. The molecule has 0 heterocycles. The van der Waals surface area contributed by atoms with Crippen LogP contribution in [0.1, 0.15) is 106 Å². The SMILES string of the molecule is COCOc1ccc(C(O)=C2C(=O)[C@]3(CC=C(C)C)C[C@H](CC=C(C)C)[C@@](C)(CCC=C(C)C)[C@](CC=C(C)C)(C2=O)C3=O)cc1OCOC. The number of carbonyl (C=O) groups is 3. The maximum Gasteiger partial charge on any atom is 0.188 e. The lowest BCUT2D eigenvalue weighted by Crippen LogP contribution is -2.70.